The number of nitrogens with two attached hydrogens (primary N) is 1. The Morgan fingerprint density at radius 3 is 2.79 bits per heavy atom. The Hall–Kier alpha value is -1.26. The molecule has 1 heterocycles. The highest BCUT2D eigenvalue weighted by molar-refractivity contribution is 5.22. The van der Waals surface area contributed by atoms with Crippen molar-refractivity contribution in [3.8, 4) is 0 Å². The van der Waals surface area contributed by atoms with Gasteiger partial charge in [0.05, 0.1) is 0 Å². The molecule has 0 atom stereocenters. The van der Waals surface area contributed by atoms with Gasteiger partial charge in [0.25, 0.3) is 0 Å². The first kappa shape index (κ1) is 9.30. The zero-order chi connectivity index (χ0) is 9.80. The van der Waals surface area contributed by atoms with Crippen molar-refractivity contribution in [3.05, 3.63) is 0 Å². The number of rotatable bonds is 4. The molecule has 1 aromatic heterocycles. The second-order valence-corrected chi connectivity index (χ2v) is 3.81. The van der Waals surface area contributed by atoms with Crippen LogP contribution in [0.4, 0.5) is 12.0 Å². The molecular formula is C9H16N4O. The van der Waals surface area contributed by atoms with Crippen molar-refractivity contribution in [1.29, 1.82) is 0 Å². The maximum atomic E-state index is 5.29. The van der Waals surface area contributed by atoms with E-state index in [1.807, 2.05) is 0 Å². The summed E-state index contributed by atoms with van der Waals surface area (Å²) in [6, 6.07) is 0.550. The van der Waals surface area contributed by atoms with Crippen molar-refractivity contribution < 1.29 is 4.42 Å². The van der Waals surface area contributed by atoms with Crippen LogP contribution in [0.25, 0.3) is 0 Å². The van der Waals surface area contributed by atoms with Gasteiger partial charge in [-0.1, -0.05) is 35.9 Å². The SMILES string of the molecule is Nc1nnc(NCCC2CCCC2)o1. The predicted octanol–water partition coefficient (Wildman–Crippen LogP) is 1.64. The molecule has 78 valence electrons. The minimum atomic E-state index is 0.119. The van der Waals surface area contributed by atoms with Gasteiger partial charge in [0.15, 0.2) is 0 Å². The van der Waals surface area contributed by atoms with E-state index in [4.69, 9.17) is 10.2 Å². The lowest BCUT2D eigenvalue weighted by atomic mass is 10.0. The van der Waals surface area contributed by atoms with Gasteiger partial charge in [-0.05, 0) is 12.3 Å². The summed E-state index contributed by atoms with van der Waals surface area (Å²) in [6.45, 7) is 0.895. The molecule has 0 aromatic carbocycles. The van der Waals surface area contributed by atoms with E-state index in [1.165, 1.54) is 32.1 Å². The van der Waals surface area contributed by atoms with Crippen molar-refractivity contribution in [2.45, 2.75) is 32.1 Å². The topological polar surface area (TPSA) is 77.0 Å². The lowest BCUT2D eigenvalue weighted by Gasteiger charge is -2.07. The summed E-state index contributed by atoms with van der Waals surface area (Å²) in [5, 5.41) is 10.4. The summed E-state index contributed by atoms with van der Waals surface area (Å²) in [5.74, 6) is 0.878. The maximum Gasteiger partial charge on any atom is 0.316 e. The van der Waals surface area contributed by atoms with Gasteiger partial charge in [0.2, 0.25) is 0 Å². The molecule has 0 radical (unpaired) electrons. The van der Waals surface area contributed by atoms with Crippen LogP contribution in [0.2, 0.25) is 0 Å². The predicted molar refractivity (Wildman–Crippen MR) is 53.8 cm³/mol. The average molecular weight is 196 g/mol. The fourth-order valence-electron chi connectivity index (χ4n) is 1.99. The zero-order valence-electron chi connectivity index (χ0n) is 8.20. The van der Waals surface area contributed by atoms with Crippen LogP contribution in [0.15, 0.2) is 4.42 Å². The maximum absolute atomic E-state index is 5.29. The molecule has 1 saturated carbocycles. The fraction of sp³-hybridized carbons (Fsp3) is 0.778. The Kier molecular flexibility index (Phi) is 2.86. The molecule has 0 aliphatic heterocycles. The van der Waals surface area contributed by atoms with Crippen LogP contribution >= 0.6 is 0 Å². The Balaban J connectivity index is 1.67. The van der Waals surface area contributed by atoms with E-state index in [9.17, 15) is 0 Å². The van der Waals surface area contributed by atoms with Crippen molar-refractivity contribution in [1.82, 2.24) is 10.2 Å². The number of nitrogens with zero attached hydrogens (tertiary/aromatic N) is 2. The summed E-state index contributed by atoms with van der Waals surface area (Å²) in [6.07, 6.45) is 6.69. The molecule has 2 rings (SSSR count). The Bertz CT molecular complexity index is 280. The quantitative estimate of drug-likeness (QED) is 0.765. The third-order valence-electron chi connectivity index (χ3n) is 2.74. The van der Waals surface area contributed by atoms with E-state index in [1.54, 1.807) is 0 Å². The van der Waals surface area contributed by atoms with E-state index in [0.29, 0.717) is 6.01 Å². The molecule has 0 unspecified atom stereocenters. The molecule has 0 bridgehead atoms. The first-order chi connectivity index (χ1) is 6.84. The highest BCUT2D eigenvalue weighted by Gasteiger charge is 2.14. The molecule has 0 saturated heterocycles. The monoisotopic (exact) mass is 196 g/mol. The van der Waals surface area contributed by atoms with Crippen LogP contribution in [0.5, 0.6) is 0 Å². The van der Waals surface area contributed by atoms with E-state index < -0.39 is 0 Å². The Labute approximate surface area is 83.1 Å². The normalized spacial score (nSPS) is 17.4. The number of hydrogen-bond donors (Lipinski definition) is 2. The summed E-state index contributed by atoms with van der Waals surface area (Å²) >= 11 is 0. The van der Waals surface area contributed by atoms with Crippen LogP contribution in [0.3, 0.4) is 0 Å². The molecule has 3 N–H and O–H groups in total. The van der Waals surface area contributed by atoms with Gasteiger partial charge in [0.1, 0.15) is 0 Å². The highest BCUT2D eigenvalue weighted by atomic mass is 16.4. The summed E-state index contributed by atoms with van der Waals surface area (Å²) in [5.41, 5.74) is 5.29. The lowest BCUT2D eigenvalue weighted by Crippen LogP contribution is -2.06. The highest BCUT2D eigenvalue weighted by Crippen LogP contribution is 2.27. The molecular weight excluding hydrogens is 180 g/mol. The third-order valence-corrected chi connectivity index (χ3v) is 2.74. The third kappa shape index (κ3) is 2.37. The molecule has 1 aromatic rings. The first-order valence-electron chi connectivity index (χ1n) is 5.17. The van der Waals surface area contributed by atoms with Crippen molar-refractivity contribution in [3.63, 3.8) is 0 Å². The standard InChI is InChI=1S/C9H16N4O/c10-8-12-13-9(14-8)11-6-5-7-3-1-2-4-7/h7H,1-6H2,(H2,10,12)(H,11,13). The smallest absolute Gasteiger partial charge is 0.316 e. The summed E-state index contributed by atoms with van der Waals surface area (Å²) < 4.78 is 4.99. The van der Waals surface area contributed by atoms with E-state index in [-0.39, 0.29) is 6.01 Å². The molecule has 0 spiro atoms. The zero-order valence-corrected chi connectivity index (χ0v) is 8.20. The molecule has 14 heavy (non-hydrogen) atoms. The van der Waals surface area contributed by atoms with E-state index in [0.717, 1.165) is 12.5 Å². The second kappa shape index (κ2) is 4.30. The number of hydrogen-bond acceptors (Lipinski definition) is 5. The van der Waals surface area contributed by atoms with Crippen LogP contribution in [-0.2, 0) is 0 Å². The lowest BCUT2D eigenvalue weighted by molar-refractivity contribution is 0.510. The minimum absolute atomic E-state index is 0.119. The molecule has 1 aliphatic rings. The summed E-state index contributed by atoms with van der Waals surface area (Å²) in [7, 11) is 0. The van der Waals surface area contributed by atoms with E-state index >= 15 is 0 Å². The van der Waals surface area contributed by atoms with Crippen molar-refractivity contribution >= 4 is 12.0 Å². The number of aromatic nitrogens is 2. The van der Waals surface area contributed by atoms with Crippen molar-refractivity contribution in [2.24, 2.45) is 5.92 Å². The second-order valence-electron chi connectivity index (χ2n) is 3.81. The largest absolute Gasteiger partial charge is 0.390 e. The molecule has 0 amide bonds. The fourth-order valence-corrected chi connectivity index (χ4v) is 1.99. The van der Waals surface area contributed by atoms with Gasteiger partial charge in [-0.2, -0.15) is 0 Å². The number of anilines is 2. The van der Waals surface area contributed by atoms with Crippen LogP contribution < -0.4 is 11.1 Å². The summed E-state index contributed by atoms with van der Waals surface area (Å²) in [4.78, 5) is 0. The Morgan fingerprint density at radius 2 is 2.14 bits per heavy atom. The van der Waals surface area contributed by atoms with Gasteiger partial charge in [-0.15, -0.1) is 0 Å². The van der Waals surface area contributed by atoms with Crippen LogP contribution in [0, 0.1) is 5.92 Å². The van der Waals surface area contributed by atoms with Gasteiger partial charge >= 0.3 is 12.0 Å². The van der Waals surface area contributed by atoms with Crippen LogP contribution in [-0.4, -0.2) is 16.7 Å². The average Bonchev–Trinajstić information content (AvgIpc) is 2.77. The van der Waals surface area contributed by atoms with Crippen LogP contribution in [0.1, 0.15) is 32.1 Å². The number of nitrogen functional groups attached to an aromatic ring is 1. The Morgan fingerprint density at radius 1 is 1.36 bits per heavy atom. The first-order valence-corrected chi connectivity index (χ1v) is 5.17. The van der Waals surface area contributed by atoms with Gasteiger partial charge in [-0.3, -0.25) is 0 Å². The molecule has 1 fully saturated rings. The molecule has 1 aliphatic carbocycles. The molecule has 5 heteroatoms. The minimum Gasteiger partial charge on any atom is -0.390 e. The molecule has 5 nitrogen and oxygen atoms in total. The van der Waals surface area contributed by atoms with Gasteiger partial charge in [0, 0.05) is 6.54 Å². The van der Waals surface area contributed by atoms with E-state index in [2.05, 4.69) is 15.5 Å². The van der Waals surface area contributed by atoms with Gasteiger partial charge in [-0.25, -0.2) is 0 Å². The number of nitrogens with one attached hydrogen (secondary N) is 1. The van der Waals surface area contributed by atoms with Crippen molar-refractivity contribution in [2.75, 3.05) is 17.6 Å². The van der Waals surface area contributed by atoms with Gasteiger partial charge < -0.3 is 15.5 Å².